The van der Waals surface area contributed by atoms with Gasteiger partial charge in [0, 0.05) is 18.1 Å². The Labute approximate surface area is 122 Å². The Balaban J connectivity index is 2.06. The van der Waals surface area contributed by atoms with Crippen molar-refractivity contribution in [1.29, 1.82) is 0 Å². The van der Waals surface area contributed by atoms with Gasteiger partial charge in [0.2, 0.25) is 0 Å². The number of hydrogen-bond donors (Lipinski definition) is 1. The third kappa shape index (κ3) is 4.45. The molecule has 3 nitrogen and oxygen atoms in total. The van der Waals surface area contributed by atoms with Crippen molar-refractivity contribution in [3.63, 3.8) is 0 Å². The van der Waals surface area contributed by atoms with Crippen molar-refractivity contribution < 1.29 is 19.0 Å². The van der Waals surface area contributed by atoms with Crippen LogP contribution in [0.5, 0.6) is 5.75 Å². The molecule has 4 heteroatoms. The van der Waals surface area contributed by atoms with Crippen molar-refractivity contribution in [2.24, 2.45) is 0 Å². The number of ether oxygens (including phenoxy) is 1. The molecule has 0 heterocycles. The summed E-state index contributed by atoms with van der Waals surface area (Å²) in [5.74, 6) is -1.52. The summed E-state index contributed by atoms with van der Waals surface area (Å²) in [4.78, 5) is 10.5. The smallest absolute Gasteiger partial charge is 0.328 e. The van der Waals surface area contributed by atoms with E-state index in [0.29, 0.717) is 18.6 Å². The van der Waals surface area contributed by atoms with E-state index in [9.17, 15) is 9.18 Å². The Kier molecular flexibility index (Phi) is 5.10. The summed E-state index contributed by atoms with van der Waals surface area (Å²) >= 11 is 0. The molecule has 0 bridgehead atoms. The number of para-hydroxylation sites is 1. The minimum Gasteiger partial charge on any atom is -0.490 e. The average Bonchev–Trinajstić information content (AvgIpc) is 2.48. The van der Waals surface area contributed by atoms with Gasteiger partial charge in [-0.25, -0.2) is 9.18 Å². The lowest BCUT2D eigenvalue weighted by Gasteiger charge is -2.10. The van der Waals surface area contributed by atoms with Crippen LogP contribution < -0.4 is 4.74 Å². The third-order valence-electron chi connectivity index (χ3n) is 2.88. The summed E-state index contributed by atoms with van der Waals surface area (Å²) in [7, 11) is 0. The van der Waals surface area contributed by atoms with Crippen LogP contribution in [-0.2, 0) is 11.2 Å². The molecule has 0 spiro atoms. The first kappa shape index (κ1) is 14.8. The second-order valence-corrected chi connectivity index (χ2v) is 4.41. The Morgan fingerprint density at radius 1 is 1.14 bits per heavy atom. The fraction of sp³-hybridized carbons (Fsp3) is 0.118. The van der Waals surface area contributed by atoms with Crippen LogP contribution in [0, 0.1) is 5.82 Å². The zero-order chi connectivity index (χ0) is 15.1. The van der Waals surface area contributed by atoms with Gasteiger partial charge in [0.25, 0.3) is 0 Å². The second kappa shape index (κ2) is 7.24. The molecule has 108 valence electrons. The molecule has 0 saturated heterocycles. The molecule has 0 aromatic heterocycles. The summed E-state index contributed by atoms with van der Waals surface area (Å²) in [6, 6.07) is 14.1. The predicted molar refractivity (Wildman–Crippen MR) is 78.7 cm³/mol. The van der Waals surface area contributed by atoms with E-state index in [1.54, 1.807) is 6.07 Å². The molecule has 1 N–H and O–H groups in total. The van der Waals surface area contributed by atoms with Crippen molar-refractivity contribution in [3.8, 4) is 5.75 Å². The van der Waals surface area contributed by atoms with Gasteiger partial charge in [0.1, 0.15) is 0 Å². The fourth-order valence-corrected chi connectivity index (χ4v) is 1.89. The van der Waals surface area contributed by atoms with E-state index in [1.807, 2.05) is 30.3 Å². The molecule has 0 aliphatic carbocycles. The molecule has 21 heavy (non-hydrogen) atoms. The van der Waals surface area contributed by atoms with Crippen LogP contribution in [0.25, 0.3) is 6.08 Å². The number of rotatable bonds is 6. The number of halogens is 1. The van der Waals surface area contributed by atoms with Crippen LogP contribution in [-0.4, -0.2) is 17.7 Å². The normalized spacial score (nSPS) is 10.7. The molecular weight excluding hydrogens is 271 g/mol. The van der Waals surface area contributed by atoms with Crippen molar-refractivity contribution in [1.82, 2.24) is 0 Å². The molecule has 0 amide bonds. The highest BCUT2D eigenvalue weighted by Crippen LogP contribution is 2.24. The lowest BCUT2D eigenvalue weighted by molar-refractivity contribution is -0.131. The summed E-state index contributed by atoms with van der Waals surface area (Å²) < 4.78 is 19.3. The lowest BCUT2D eigenvalue weighted by atomic mass is 10.1. The van der Waals surface area contributed by atoms with E-state index < -0.39 is 11.8 Å². The molecular formula is C17H15FO3. The summed E-state index contributed by atoms with van der Waals surface area (Å²) in [5.41, 5.74) is 1.50. The average molecular weight is 286 g/mol. The molecule has 0 aliphatic rings. The SMILES string of the molecule is O=C(O)/C=C/c1cccc(F)c1OCCc1ccccc1. The monoisotopic (exact) mass is 286 g/mol. The highest BCUT2D eigenvalue weighted by molar-refractivity contribution is 5.85. The highest BCUT2D eigenvalue weighted by atomic mass is 19.1. The number of benzene rings is 2. The first-order valence-corrected chi connectivity index (χ1v) is 6.53. The number of carboxylic acid groups (broad SMARTS) is 1. The van der Waals surface area contributed by atoms with E-state index >= 15 is 0 Å². The minimum absolute atomic E-state index is 0.0749. The van der Waals surface area contributed by atoms with Crippen molar-refractivity contribution in [2.75, 3.05) is 6.61 Å². The van der Waals surface area contributed by atoms with Gasteiger partial charge in [-0.2, -0.15) is 0 Å². The van der Waals surface area contributed by atoms with Gasteiger partial charge >= 0.3 is 5.97 Å². The zero-order valence-corrected chi connectivity index (χ0v) is 11.3. The fourth-order valence-electron chi connectivity index (χ4n) is 1.89. The maximum atomic E-state index is 13.8. The van der Waals surface area contributed by atoms with Gasteiger partial charge in [-0.05, 0) is 17.7 Å². The predicted octanol–water partition coefficient (Wildman–Crippen LogP) is 3.55. The van der Waals surface area contributed by atoms with Gasteiger partial charge in [-0.1, -0.05) is 42.5 Å². The Bertz CT molecular complexity index is 636. The van der Waals surface area contributed by atoms with Crippen LogP contribution in [0.4, 0.5) is 4.39 Å². The third-order valence-corrected chi connectivity index (χ3v) is 2.88. The quantitative estimate of drug-likeness (QED) is 0.826. The Morgan fingerprint density at radius 2 is 1.90 bits per heavy atom. The maximum absolute atomic E-state index is 13.8. The van der Waals surface area contributed by atoms with Crippen LogP contribution >= 0.6 is 0 Å². The van der Waals surface area contributed by atoms with Gasteiger partial charge < -0.3 is 9.84 Å². The van der Waals surface area contributed by atoms with E-state index in [4.69, 9.17) is 9.84 Å². The number of carboxylic acids is 1. The topological polar surface area (TPSA) is 46.5 Å². The molecule has 2 aromatic carbocycles. The van der Waals surface area contributed by atoms with Crippen LogP contribution in [0.3, 0.4) is 0 Å². The first-order chi connectivity index (χ1) is 10.2. The molecule has 0 saturated carbocycles. The van der Waals surface area contributed by atoms with E-state index in [0.717, 1.165) is 11.6 Å². The lowest BCUT2D eigenvalue weighted by Crippen LogP contribution is -2.04. The molecule has 0 aliphatic heterocycles. The van der Waals surface area contributed by atoms with E-state index in [2.05, 4.69) is 0 Å². The molecule has 2 aromatic rings. The largest absolute Gasteiger partial charge is 0.490 e. The van der Waals surface area contributed by atoms with Crippen LogP contribution in [0.2, 0.25) is 0 Å². The van der Waals surface area contributed by atoms with Gasteiger partial charge in [0.05, 0.1) is 6.61 Å². The molecule has 0 unspecified atom stereocenters. The van der Waals surface area contributed by atoms with Gasteiger partial charge in [-0.3, -0.25) is 0 Å². The summed E-state index contributed by atoms with van der Waals surface area (Å²) in [5, 5.41) is 8.64. The van der Waals surface area contributed by atoms with E-state index in [-0.39, 0.29) is 5.75 Å². The standard InChI is InChI=1S/C17H15FO3/c18-15-8-4-7-14(9-10-16(19)20)17(15)21-12-11-13-5-2-1-3-6-13/h1-10H,11-12H2,(H,19,20)/b10-9+. The summed E-state index contributed by atoms with van der Waals surface area (Å²) in [6.45, 7) is 0.318. The highest BCUT2D eigenvalue weighted by Gasteiger charge is 2.08. The molecule has 0 fully saturated rings. The van der Waals surface area contributed by atoms with Gasteiger partial charge in [0.15, 0.2) is 11.6 Å². The first-order valence-electron chi connectivity index (χ1n) is 6.53. The van der Waals surface area contributed by atoms with Crippen LogP contribution in [0.1, 0.15) is 11.1 Å². The Hall–Kier alpha value is -2.62. The Morgan fingerprint density at radius 3 is 2.62 bits per heavy atom. The van der Waals surface area contributed by atoms with Crippen molar-refractivity contribution in [3.05, 3.63) is 71.6 Å². The molecule has 0 atom stereocenters. The van der Waals surface area contributed by atoms with Gasteiger partial charge in [-0.15, -0.1) is 0 Å². The van der Waals surface area contributed by atoms with Crippen molar-refractivity contribution >= 4 is 12.0 Å². The number of hydrogen-bond acceptors (Lipinski definition) is 2. The number of aliphatic carboxylic acids is 1. The van der Waals surface area contributed by atoms with Crippen LogP contribution in [0.15, 0.2) is 54.6 Å². The molecule has 2 rings (SSSR count). The second-order valence-electron chi connectivity index (χ2n) is 4.41. The maximum Gasteiger partial charge on any atom is 0.328 e. The van der Waals surface area contributed by atoms with E-state index in [1.165, 1.54) is 18.2 Å². The molecule has 0 radical (unpaired) electrons. The van der Waals surface area contributed by atoms with Crippen molar-refractivity contribution in [2.45, 2.75) is 6.42 Å². The number of carbonyl (C=O) groups is 1. The minimum atomic E-state index is -1.09. The zero-order valence-electron chi connectivity index (χ0n) is 11.3. The summed E-state index contributed by atoms with van der Waals surface area (Å²) in [6.07, 6.45) is 2.93.